The maximum absolute atomic E-state index is 3.56. The van der Waals surface area contributed by atoms with Crippen molar-refractivity contribution in [2.75, 3.05) is 38.2 Å². The molecule has 1 unspecified atom stereocenters. The predicted octanol–water partition coefficient (Wildman–Crippen LogP) is 1.81. The van der Waals surface area contributed by atoms with Crippen LogP contribution in [0.4, 0.5) is 0 Å². The number of likely N-dealkylation sites (N-methyl/N-ethyl adjacent to an activating group) is 1. The second-order valence-corrected chi connectivity index (χ2v) is 5.02. The van der Waals surface area contributed by atoms with Gasteiger partial charge in [-0.05, 0) is 50.9 Å². The smallest absolute Gasteiger partial charge is 0.0195 e. The SMILES string of the molecule is CCN(CCCSC)CC1CCCN1. The Bertz CT molecular complexity index is 135. The molecule has 1 aliphatic rings. The van der Waals surface area contributed by atoms with Crippen LogP contribution in [-0.2, 0) is 0 Å². The molecule has 0 bridgehead atoms. The molecule has 0 spiro atoms. The van der Waals surface area contributed by atoms with Gasteiger partial charge in [0.2, 0.25) is 0 Å². The Hall–Kier alpha value is 0.270. The van der Waals surface area contributed by atoms with Crippen molar-refractivity contribution in [3.63, 3.8) is 0 Å². The van der Waals surface area contributed by atoms with Crippen LogP contribution in [0.3, 0.4) is 0 Å². The van der Waals surface area contributed by atoms with Gasteiger partial charge in [0.25, 0.3) is 0 Å². The molecule has 2 nitrogen and oxygen atoms in total. The van der Waals surface area contributed by atoms with Crippen molar-refractivity contribution in [2.45, 2.75) is 32.2 Å². The minimum Gasteiger partial charge on any atom is -0.313 e. The van der Waals surface area contributed by atoms with Crippen LogP contribution in [0.2, 0.25) is 0 Å². The molecule has 0 aromatic carbocycles. The first-order chi connectivity index (χ1) is 6.86. The fraction of sp³-hybridized carbons (Fsp3) is 1.00. The fourth-order valence-corrected chi connectivity index (χ4v) is 2.45. The van der Waals surface area contributed by atoms with E-state index in [1.807, 2.05) is 11.8 Å². The Kier molecular flexibility index (Phi) is 6.65. The summed E-state index contributed by atoms with van der Waals surface area (Å²) in [6.07, 6.45) is 6.27. The van der Waals surface area contributed by atoms with E-state index in [0.29, 0.717) is 0 Å². The van der Waals surface area contributed by atoms with Gasteiger partial charge in [0.15, 0.2) is 0 Å². The van der Waals surface area contributed by atoms with E-state index >= 15 is 0 Å². The number of nitrogens with one attached hydrogen (secondary N) is 1. The molecule has 1 rings (SSSR count). The second-order valence-electron chi connectivity index (χ2n) is 4.03. The second kappa shape index (κ2) is 7.55. The van der Waals surface area contributed by atoms with Gasteiger partial charge in [-0.15, -0.1) is 0 Å². The lowest BCUT2D eigenvalue weighted by molar-refractivity contribution is 0.262. The molecule has 1 aliphatic heterocycles. The quantitative estimate of drug-likeness (QED) is 0.654. The Balaban J connectivity index is 2.10. The summed E-state index contributed by atoms with van der Waals surface area (Å²) in [7, 11) is 0. The maximum atomic E-state index is 3.56. The summed E-state index contributed by atoms with van der Waals surface area (Å²) in [4.78, 5) is 2.58. The molecule has 1 saturated heterocycles. The molecule has 0 aromatic heterocycles. The highest BCUT2D eigenvalue weighted by molar-refractivity contribution is 7.98. The van der Waals surface area contributed by atoms with Crippen molar-refractivity contribution >= 4 is 11.8 Å². The normalized spacial score (nSPS) is 22.1. The minimum absolute atomic E-state index is 0.768. The molecule has 1 heterocycles. The van der Waals surface area contributed by atoms with E-state index in [0.717, 1.165) is 6.04 Å². The first-order valence-electron chi connectivity index (χ1n) is 5.81. The van der Waals surface area contributed by atoms with Gasteiger partial charge in [0.05, 0.1) is 0 Å². The zero-order valence-electron chi connectivity index (χ0n) is 9.59. The highest BCUT2D eigenvalue weighted by atomic mass is 32.2. The van der Waals surface area contributed by atoms with E-state index in [9.17, 15) is 0 Å². The third kappa shape index (κ3) is 4.67. The van der Waals surface area contributed by atoms with E-state index in [1.54, 1.807) is 0 Å². The van der Waals surface area contributed by atoms with E-state index in [4.69, 9.17) is 0 Å². The van der Waals surface area contributed by atoms with Gasteiger partial charge in [0, 0.05) is 12.6 Å². The summed E-state index contributed by atoms with van der Waals surface area (Å²) in [5.41, 5.74) is 0. The monoisotopic (exact) mass is 216 g/mol. The summed E-state index contributed by atoms with van der Waals surface area (Å²) >= 11 is 1.95. The first kappa shape index (κ1) is 12.3. The third-order valence-electron chi connectivity index (χ3n) is 2.91. The summed E-state index contributed by atoms with van der Waals surface area (Å²) in [6.45, 7) is 7.23. The molecule has 0 saturated carbocycles. The standard InChI is InChI=1S/C11H24N2S/c1-3-13(8-5-9-14-2)10-11-6-4-7-12-11/h11-12H,3-10H2,1-2H3. The molecule has 1 N–H and O–H groups in total. The zero-order chi connectivity index (χ0) is 10.2. The van der Waals surface area contributed by atoms with Crippen LogP contribution in [0, 0.1) is 0 Å². The largest absolute Gasteiger partial charge is 0.313 e. The molecule has 1 atom stereocenters. The van der Waals surface area contributed by atoms with Crippen molar-refractivity contribution in [3.05, 3.63) is 0 Å². The highest BCUT2D eigenvalue weighted by Gasteiger charge is 2.16. The summed E-state index contributed by atoms with van der Waals surface area (Å²) < 4.78 is 0. The topological polar surface area (TPSA) is 15.3 Å². The zero-order valence-corrected chi connectivity index (χ0v) is 10.4. The van der Waals surface area contributed by atoms with Crippen molar-refractivity contribution < 1.29 is 0 Å². The van der Waals surface area contributed by atoms with Gasteiger partial charge in [-0.1, -0.05) is 6.92 Å². The third-order valence-corrected chi connectivity index (χ3v) is 3.61. The Morgan fingerprint density at radius 2 is 2.36 bits per heavy atom. The lowest BCUT2D eigenvalue weighted by atomic mass is 10.2. The Labute approximate surface area is 92.8 Å². The number of rotatable bonds is 7. The van der Waals surface area contributed by atoms with Crippen LogP contribution in [0.5, 0.6) is 0 Å². The van der Waals surface area contributed by atoms with Gasteiger partial charge >= 0.3 is 0 Å². The number of thioether (sulfide) groups is 1. The van der Waals surface area contributed by atoms with Gasteiger partial charge in [0.1, 0.15) is 0 Å². The number of hydrogen-bond acceptors (Lipinski definition) is 3. The van der Waals surface area contributed by atoms with E-state index in [2.05, 4.69) is 23.4 Å². The number of hydrogen-bond donors (Lipinski definition) is 1. The maximum Gasteiger partial charge on any atom is 0.0195 e. The van der Waals surface area contributed by atoms with Crippen LogP contribution in [-0.4, -0.2) is 49.1 Å². The lowest BCUT2D eigenvalue weighted by Crippen LogP contribution is -2.38. The average Bonchev–Trinajstić information content (AvgIpc) is 2.69. The van der Waals surface area contributed by atoms with Crippen LogP contribution in [0.1, 0.15) is 26.2 Å². The molecule has 1 fully saturated rings. The van der Waals surface area contributed by atoms with Crippen molar-refractivity contribution in [3.8, 4) is 0 Å². The Morgan fingerprint density at radius 1 is 1.50 bits per heavy atom. The van der Waals surface area contributed by atoms with Crippen molar-refractivity contribution in [1.29, 1.82) is 0 Å². The highest BCUT2D eigenvalue weighted by Crippen LogP contribution is 2.07. The van der Waals surface area contributed by atoms with E-state index in [1.165, 1.54) is 51.2 Å². The van der Waals surface area contributed by atoms with Crippen LogP contribution < -0.4 is 5.32 Å². The molecule has 0 aliphatic carbocycles. The average molecular weight is 216 g/mol. The van der Waals surface area contributed by atoms with Gasteiger partial charge in [-0.3, -0.25) is 0 Å². The molecule has 14 heavy (non-hydrogen) atoms. The Morgan fingerprint density at radius 3 is 2.93 bits per heavy atom. The van der Waals surface area contributed by atoms with E-state index < -0.39 is 0 Å². The molecule has 0 radical (unpaired) electrons. The molecule has 84 valence electrons. The van der Waals surface area contributed by atoms with Gasteiger partial charge in [-0.25, -0.2) is 0 Å². The minimum atomic E-state index is 0.768. The van der Waals surface area contributed by atoms with E-state index in [-0.39, 0.29) is 0 Å². The summed E-state index contributed by atoms with van der Waals surface area (Å²) in [6, 6.07) is 0.768. The fourth-order valence-electron chi connectivity index (χ4n) is 2.04. The van der Waals surface area contributed by atoms with Crippen molar-refractivity contribution in [2.24, 2.45) is 0 Å². The first-order valence-corrected chi connectivity index (χ1v) is 7.21. The lowest BCUT2D eigenvalue weighted by Gasteiger charge is -2.23. The predicted molar refractivity (Wildman–Crippen MR) is 66.1 cm³/mol. The van der Waals surface area contributed by atoms with Crippen LogP contribution in [0.25, 0.3) is 0 Å². The molecule has 0 amide bonds. The summed E-state index contributed by atoms with van der Waals surface area (Å²) in [5, 5.41) is 3.56. The molecule has 3 heteroatoms. The summed E-state index contributed by atoms with van der Waals surface area (Å²) in [5.74, 6) is 1.30. The molecule has 0 aromatic rings. The van der Waals surface area contributed by atoms with Crippen LogP contribution in [0.15, 0.2) is 0 Å². The molecular formula is C11H24N2S. The van der Waals surface area contributed by atoms with Gasteiger partial charge in [-0.2, -0.15) is 11.8 Å². The van der Waals surface area contributed by atoms with Crippen LogP contribution >= 0.6 is 11.8 Å². The molecular weight excluding hydrogens is 192 g/mol. The number of nitrogens with zero attached hydrogens (tertiary/aromatic N) is 1. The van der Waals surface area contributed by atoms with Crippen molar-refractivity contribution in [1.82, 2.24) is 10.2 Å². The van der Waals surface area contributed by atoms with Gasteiger partial charge < -0.3 is 10.2 Å².